The number of rotatable bonds is 6. The number of nitrogens with zero attached hydrogens (tertiary/aromatic N) is 1. The van der Waals surface area contributed by atoms with Gasteiger partial charge in [0.25, 0.3) is 0 Å². The minimum absolute atomic E-state index is 0.479. The van der Waals surface area contributed by atoms with Crippen LogP contribution in [0.1, 0.15) is 38.2 Å². The van der Waals surface area contributed by atoms with Gasteiger partial charge in [-0.2, -0.15) is 0 Å². The lowest BCUT2D eigenvalue weighted by Gasteiger charge is -2.36. The molecule has 1 saturated carbocycles. The van der Waals surface area contributed by atoms with Gasteiger partial charge in [0, 0.05) is 24.9 Å². The van der Waals surface area contributed by atoms with E-state index >= 15 is 0 Å². The van der Waals surface area contributed by atoms with Crippen molar-refractivity contribution < 1.29 is 4.74 Å². The first kappa shape index (κ1) is 13.9. The SMILES string of the molecule is CCOC1CC(Nc2ccc(CN3CCCC3)cc2)C1. The van der Waals surface area contributed by atoms with Gasteiger partial charge < -0.3 is 10.1 Å². The van der Waals surface area contributed by atoms with Crippen molar-refractivity contribution in [2.45, 2.75) is 51.3 Å². The molecule has 1 saturated heterocycles. The minimum atomic E-state index is 0.479. The zero-order chi connectivity index (χ0) is 13.8. The van der Waals surface area contributed by atoms with Crippen LogP contribution < -0.4 is 5.32 Å². The molecule has 0 bridgehead atoms. The van der Waals surface area contributed by atoms with E-state index < -0.39 is 0 Å². The molecule has 1 aromatic rings. The number of ether oxygens (including phenoxy) is 1. The van der Waals surface area contributed by atoms with E-state index in [0.29, 0.717) is 12.1 Å². The monoisotopic (exact) mass is 274 g/mol. The van der Waals surface area contributed by atoms with Crippen LogP contribution in [0.4, 0.5) is 5.69 Å². The summed E-state index contributed by atoms with van der Waals surface area (Å²) in [5.74, 6) is 0. The van der Waals surface area contributed by atoms with Crippen LogP contribution in [-0.4, -0.2) is 36.7 Å². The third kappa shape index (κ3) is 3.53. The number of benzene rings is 1. The smallest absolute Gasteiger partial charge is 0.0614 e. The fourth-order valence-electron chi connectivity index (χ4n) is 3.20. The first-order valence-corrected chi connectivity index (χ1v) is 8.03. The summed E-state index contributed by atoms with van der Waals surface area (Å²) < 4.78 is 5.59. The Bertz CT molecular complexity index is 406. The highest BCUT2D eigenvalue weighted by atomic mass is 16.5. The van der Waals surface area contributed by atoms with Crippen molar-refractivity contribution in [2.75, 3.05) is 25.0 Å². The molecule has 110 valence electrons. The predicted molar refractivity (Wildman–Crippen MR) is 83.0 cm³/mol. The van der Waals surface area contributed by atoms with Gasteiger partial charge in [-0.05, 0) is 63.4 Å². The number of likely N-dealkylation sites (tertiary alicyclic amines) is 1. The Labute approximate surface area is 122 Å². The summed E-state index contributed by atoms with van der Waals surface area (Å²) in [6, 6.07) is 9.56. The maximum Gasteiger partial charge on any atom is 0.0614 e. The molecule has 1 heterocycles. The lowest BCUT2D eigenvalue weighted by Crippen LogP contribution is -2.40. The first-order chi connectivity index (χ1) is 9.83. The van der Waals surface area contributed by atoms with Gasteiger partial charge in [0.1, 0.15) is 0 Å². The molecule has 0 spiro atoms. The fraction of sp³-hybridized carbons (Fsp3) is 0.647. The highest BCUT2D eigenvalue weighted by Gasteiger charge is 2.29. The molecule has 0 unspecified atom stereocenters. The summed E-state index contributed by atoms with van der Waals surface area (Å²) in [5, 5.41) is 3.59. The van der Waals surface area contributed by atoms with E-state index in [0.717, 1.165) is 26.0 Å². The molecule has 0 aromatic heterocycles. The zero-order valence-corrected chi connectivity index (χ0v) is 12.5. The second kappa shape index (κ2) is 6.59. The van der Waals surface area contributed by atoms with Crippen LogP contribution in [0.3, 0.4) is 0 Å². The number of anilines is 1. The van der Waals surface area contributed by atoms with Gasteiger partial charge in [0.05, 0.1) is 6.10 Å². The number of hydrogen-bond donors (Lipinski definition) is 1. The Kier molecular flexibility index (Phi) is 4.58. The van der Waals surface area contributed by atoms with E-state index in [1.54, 1.807) is 0 Å². The van der Waals surface area contributed by atoms with Gasteiger partial charge in [-0.15, -0.1) is 0 Å². The van der Waals surface area contributed by atoms with Crippen molar-refractivity contribution in [2.24, 2.45) is 0 Å². The van der Waals surface area contributed by atoms with Gasteiger partial charge in [-0.25, -0.2) is 0 Å². The fourth-order valence-corrected chi connectivity index (χ4v) is 3.20. The Morgan fingerprint density at radius 3 is 2.50 bits per heavy atom. The van der Waals surface area contributed by atoms with Gasteiger partial charge in [0.15, 0.2) is 0 Å². The van der Waals surface area contributed by atoms with E-state index in [1.165, 1.54) is 37.2 Å². The third-order valence-corrected chi connectivity index (χ3v) is 4.43. The molecule has 1 aromatic carbocycles. The highest BCUT2D eigenvalue weighted by molar-refractivity contribution is 5.46. The summed E-state index contributed by atoms with van der Waals surface area (Å²) in [7, 11) is 0. The summed E-state index contributed by atoms with van der Waals surface area (Å²) >= 11 is 0. The summed E-state index contributed by atoms with van der Waals surface area (Å²) in [5.41, 5.74) is 2.67. The molecule has 20 heavy (non-hydrogen) atoms. The van der Waals surface area contributed by atoms with Crippen molar-refractivity contribution in [3.05, 3.63) is 29.8 Å². The van der Waals surface area contributed by atoms with Crippen molar-refractivity contribution in [3.63, 3.8) is 0 Å². The van der Waals surface area contributed by atoms with Crippen molar-refractivity contribution in [1.29, 1.82) is 0 Å². The van der Waals surface area contributed by atoms with Crippen LogP contribution in [0.15, 0.2) is 24.3 Å². The lowest BCUT2D eigenvalue weighted by atomic mass is 9.89. The quantitative estimate of drug-likeness (QED) is 0.861. The van der Waals surface area contributed by atoms with Crippen LogP contribution in [-0.2, 0) is 11.3 Å². The molecule has 1 aliphatic carbocycles. The minimum Gasteiger partial charge on any atom is -0.382 e. The summed E-state index contributed by atoms with van der Waals surface area (Å²) in [6.07, 6.45) is 5.49. The Morgan fingerprint density at radius 2 is 1.85 bits per heavy atom. The molecule has 2 aliphatic rings. The van der Waals surface area contributed by atoms with Gasteiger partial charge in [-0.1, -0.05) is 12.1 Å². The molecule has 3 nitrogen and oxygen atoms in total. The molecule has 3 heteroatoms. The second-order valence-corrected chi connectivity index (χ2v) is 6.07. The van der Waals surface area contributed by atoms with Crippen molar-refractivity contribution in [1.82, 2.24) is 4.90 Å². The third-order valence-electron chi connectivity index (χ3n) is 4.43. The van der Waals surface area contributed by atoms with E-state index in [1.807, 2.05) is 0 Å². The molecule has 0 radical (unpaired) electrons. The molecular formula is C17H26N2O. The van der Waals surface area contributed by atoms with Crippen LogP contribution in [0.5, 0.6) is 0 Å². The lowest BCUT2D eigenvalue weighted by molar-refractivity contribution is 0.00299. The first-order valence-electron chi connectivity index (χ1n) is 8.03. The molecule has 1 N–H and O–H groups in total. The zero-order valence-electron chi connectivity index (χ0n) is 12.5. The molecule has 3 rings (SSSR count). The van der Waals surface area contributed by atoms with Gasteiger partial charge in [-0.3, -0.25) is 4.90 Å². The number of hydrogen-bond acceptors (Lipinski definition) is 3. The Morgan fingerprint density at radius 1 is 1.15 bits per heavy atom. The molecule has 1 aliphatic heterocycles. The van der Waals surface area contributed by atoms with E-state index in [2.05, 4.69) is 41.4 Å². The van der Waals surface area contributed by atoms with Crippen LogP contribution in [0.2, 0.25) is 0 Å². The molecule has 2 fully saturated rings. The second-order valence-electron chi connectivity index (χ2n) is 6.07. The molecule has 0 amide bonds. The standard InChI is InChI=1S/C17H26N2O/c1-2-20-17-11-16(12-17)18-15-7-5-14(6-8-15)13-19-9-3-4-10-19/h5-8,16-18H,2-4,9-13H2,1H3. The van der Waals surface area contributed by atoms with E-state index in [4.69, 9.17) is 4.74 Å². The van der Waals surface area contributed by atoms with Crippen LogP contribution in [0.25, 0.3) is 0 Å². The van der Waals surface area contributed by atoms with Gasteiger partial charge in [0.2, 0.25) is 0 Å². The molecular weight excluding hydrogens is 248 g/mol. The summed E-state index contributed by atoms with van der Waals surface area (Å²) in [6.45, 7) is 6.54. The van der Waals surface area contributed by atoms with Crippen LogP contribution >= 0.6 is 0 Å². The Hall–Kier alpha value is -1.06. The average Bonchev–Trinajstić information content (AvgIpc) is 2.91. The van der Waals surface area contributed by atoms with Crippen molar-refractivity contribution >= 4 is 5.69 Å². The highest BCUT2D eigenvalue weighted by Crippen LogP contribution is 2.27. The van der Waals surface area contributed by atoms with Gasteiger partial charge >= 0.3 is 0 Å². The normalized spacial score (nSPS) is 26.4. The van der Waals surface area contributed by atoms with Crippen molar-refractivity contribution in [3.8, 4) is 0 Å². The Balaban J connectivity index is 1.44. The number of nitrogens with one attached hydrogen (secondary N) is 1. The topological polar surface area (TPSA) is 24.5 Å². The van der Waals surface area contributed by atoms with E-state index in [9.17, 15) is 0 Å². The maximum atomic E-state index is 5.59. The van der Waals surface area contributed by atoms with E-state index in [-0.39, 0.29) is 0 Å². The van der Waals surface area contributed by atoms with Crippen LogP contribution in [0, 0.1) is 0 Å². The predicted octanol–water partition coefficient (Wildman–Crippen LogP) is 3.26. The maximum absolute atomic E-state index is 5.59. The molecule has 0 atom stereocenters. The summed E-state index contributed by atoms with van der Waals surface area (Å²) in [4.78, 5) is 2.54. The average molecular weight is 274 g/mol. The largest absolute Gasteiger partial charge is 0.382 e.